The van der Waals surface area contributed by atoms with E-state index in [1.807, 2.05) is 0 Å². The van der Waals surface area contributed by atoms with Crippen LogP contribution in [-0.2, 0) is 6.42 Å². The Morgan fingerprint density at radius 1 is 1.44 bits per heavy atom. The molecule has 1 fully saturated rings. The summed E-state index contributed by atoms with van der Waals surface area (Å²) in [5, 5.41) is 4.56. The predicted octanol–water partition coefficient (Wildman–Crippen LogP) is 3.03. The first kappa shape index (κ1) is 20.0. The largest absolute Gasteiger partial charge is 0.370 e. The number of aliphatic imine (C=N–C) groups is 1. The lowest BCUT2D eigenvalue weighted by atomic mass is 10.1. The third-order valence-electron chi connectivity index (χ3n) is 5.09. The number of aromatic amines is 1. The van der Waals surface area contributed by atoms with Crippen LogP contribution in [-0.4, -0.2) is 48.1 Å². The molecule has 5 nitrogen and oxygen atoms in total. The van der Waals surface area contributed by atoms with Gasteiger partial charge in [-0.2, -0.15) is 0 Å². The average Bonchev–Trinajstić information content (AvgIpc) is 3.20. The lowest BCUT2D eigenvalue weighted by Crippen LogP contribution is -2.36. The van der Waals surface area contributed by atoms with Crippen LogP contribution in [0.3, 0.4) is 0 Å². The Bertz CT molecular complexity index is 709. The number of halogens is 1. The highest BCUT2D eigenvalue weighted by Gasteiger charge is 2.22. The van der Waals surface area contributed by atoms with E-state index >= 15 is 0 Å². The highest BCUT2D eigenvalue weighted by molar-refractivity contribution is 14.0. The van der Waals surface area contributed by atoms with Crippen molar-refractivity contribution in [2.75, 3.05) is 26.2 Å². The molecule has 0 amide bonds. The Kier molecular flexibility index (Phi) is 7.56. The van der Waals surface area contributed by atoms with Gasteiger partial charge in [-0.15, -0.1) is 24.0 Å². The number of nitrogens with zero attached hydrogens (tertiary/aromatic N) is 2. The topological polar surface area (TPSA) is 69.4 Å². The predicted molar refractivity (Wildman–Crippen MR) is 117 cm³/mol. The number of nitrogens with one attached hydrogen (secondary N) is 2. The summed E-state index contributed by atoms with van der Waals surface area (Å²) < 4.78 is 0. The molecule has 1 aliphatic rings. The van der Waals surface area contributed by atoms with Gasteiger partial charge in [-0.25, -0.2) is 0 Å². The number of rotatable bonds is 6. The highest BCUT2D eigenvalue weighted by Crippen LogP contribution is 2.21. The van der Waals surface area contributed by atoms with Crippen LogP contribution in [0.1, 0.15) is 30.9 Å². The molecule has 0 radical (unpaired) electrons. The maximum Gasteiger partial charge on any atom is 0.188 e. The van der Waals surface area contributed by atoms with Gasteiger partial charge >= 0.3 is 0 Å². The van der Waals surface area contributed by atoms with Gasteiger partial charge in [0.25, 0.3) is 0 Å². The number of hydrogen-bond donors (Lipinski definition) is 3. The first-order chi connectivity index (χ1) is 11.7. The number of hydrogen-bond acceptors (Lipinski definition) is 2. The number of H-pyrrole nitrogens is 1. The number of aryl methyl sites for hydroxylation is 1. The molecule has 1 aliphatic heterocycles. The molecule has 1 saturated heterocycles. The zero-order chi connectivity index (χ0) is 16.9. The molecule has 0 saturated carbocycles. The standard InChI is InChI=1S/C19H29N5.HI/c1-3-24-11-5-7-16(24)13-23-19(20)21-10-9-15-12-22-18-14(2)6-4-8-17(15)18;/h4,6,8,12,16,22H,3,5,7,9-11,13H2,1-2H3,(H3,20,21,23);1H. The minimum atomic E-state index is 0. The maximum absolute atomic E-state index is 6.03. The Hall–Kier alpha value is -1.28. The zero-order valence-corrected chi connectivity index (χ0v) is 17.5. The van der Waals surface area contributed by atoms with Gasteiger partial charge in [0.15, 0.2) is 5.96 Å². The van der Waals surface area contributed by atoms with Gasteiger partial charge < -0.3 is 16.0 Å². The summed E-state index contributed by atoms with van der Waals surface area (Å²) in [4.78, 5) is 10.4. The molecular weight excluding hydrogens is 425 g/mol. The Morgan fingerprint density at radius 3 is 3.08 bits per heavy atom. The van der Waals surface area contributed by atoms with E-state index in [2.05, 4.69) is 58.4 Å². The van der Waals surface area contributed by atoms with Crippen molar-refractivity contribution >= 4 is 40.8 Å². The molecule has 25 heavy (non-hydrogen) atoms. The molecular formula is C19H30IN5. The van der Waals surface area contributed by atoms with Gasteiger partial charge in [0, 0.05) is 29.7 Å². The van der Waals surface area contributed by atoms with E-state index in [9.17, 15) is 0 Å². The van der Waals surface area contributed by atoms with Crippen molar-refractivity contribution in [2.45, 2.75) is 39.2 Å². The number of nitrogens with two attached hydrogens (primary N) is 1. The van der Waals surface area contributed by atoms with Gasteiger partial charge in [-0.05, 0) is 50.4 Å². The second kappa shape index (κ2) is 9.43. The molecule has 4 N–H and O–H groups in total. The molecule has 1 aromatic carbocycles. The Balaban J connectivity index is 0.00000225. The van der Waals surface area contributed by atoms with E-state index in [1.165, 1.54) is 41.4 Å². The molecule has 138 valence electrons. The van der Waals surface area contributed by atoms with E-state index in [4.69, 9.17) is 5.73 Å². The second-order valence-electron chi connectivity index (χ2n) is 6.64. The summed E-state index contributed by atoms with van der Waals surface area (Å²) in [6, 6.07) is 6.98. The Labute approximate surface area is 167 Å². The van der Waals surface area contributed by atoms with Gasteiger partial charge in [0.05, 0.1) is 6.54 Å². The van der Waals surface area contributed by atoms with E-state index in [1.54, 1.807) is 0 Å². The fourth-order valence-electron chi connectivity index (χ4n) is 3.67. The van der Waals surface area contributed by atoms with Crippen LogP contribution >= 0.6 is 24.0 Å². The van der Waals surface area contributed by atoms with Crippen molar-refractivity contribution in [3.63, 3.8) is 0 Å². The Morgan fingerprint density at radius 2 is 2.28 bits per heavy atom. The monoisotopic (exact) mass is 455 g/mol. The third kappa shape index (κ3) is 4.88. The summed E-state index contributed by atoms with van der Waals surface area (Å²) in [6.45, 7) is 8.26. The molecule has 0 bridgehead atoms. The fraction of sp³-hybridized carbons (Fsp3) is 0.526. The normalized spacial score (nSPS) is 18.5. The van der Waals surface area contributed by atoms with Crippen LogP contribution in [0, 0.1) is 6.92 Å². The lowest BCUT2D eigenvalue weighted by Gasteiger charge is -2.20. The minimum Gasteiger partial charge on any atom is -0.370 e. The van der Waals surface area contributed by atoms with Gasteiger partial charge in [0.1, 0.15) is 0 Å². The number of aromatic nitrogens is 1. The van der Waals surface area contributed by atoms with Crippen LogP contribution in [0.25, 0.3) is 10.9 Å². The highest BCUT2D eigenvalue weighted by atomic mass is 127. The molecule has 1 atom stereocenters. The molecule has 1 unspecified atom stereocenters. The maximum atomic E-state index is 6.03. The fourth-order valence-corrected chi connectivity index (χ4v) is 3.67. The third-order valence-corrected chi connectivity index (χ3v) is 5.09. The first-order valence-corrected chi connectivity index (χ1v) is 9.02. The van der Waals surface area contributed by atoms with Crippen molar-refractivity contribution in [1.29, 1.82) is 0 Å². The van der Waals surface area contributed by atoms with Crippen molar-refractivity contribution in [3.05, 3.63) is 35.5 Å². The molecule has 1 aromatic heterocycles. The van der Waals surface area contributed by atoms with Crippen molar-refractivity contribution in [1.82, 2.24) is 15.2 Å². The molecule has 2 heterocycles. The number of benzene rings is 1. The second-order valence-corrected chi connectivity index (χ2v) is 6.64. The van der Waals surface area contributed by atoms with Crippen molar-refractivity contribution in [3.8, 4) is 0 Å². The van der Waals surface area contributed by atoms with E-state index < -0.39 is 0 Å². The molecule has 6 heteroatoms. The number of fused-ring (bicyclic) bond motifs is 1. The molecule has 0 aliphatic carbocycles. The summed E-state index contributed by atoms with van der Waals surface area (Å²) in [6.07, 6.45) is 5.55. The van der Waals surface area contributed by atoms with Crippen LogP contribution in [0.2, 0.25) is 0 Å². The van der Waals surface area contributed by atoms with Crippen molar-refractivity contribution in [2.24, 2.45) is 10.7 Å². The minimum absolute atomic E-state index is 0. The van der Waals surface area contributed by atoms with Crippen LogP contribution in [0.4, 0.5) is 0 Å². The summed E-state index contributed by atoms with van der Waals surface area (Å²) in [5.74, 6) is 0.564. The zero-order valence-electron chi connectivity index (χ0n) is 15.2. The van der Waals surface area contributed by atoms with Gasteiger partial charge in [-0.1, -0.05) is 25.1 Å². The quantitative estimate of drug-likeness (QED) is 0.356. The number of para-hydroxylation sites is 1. The van der Waals surface area contributed by atoms with Crippen LogP contribution < -0.4 is 11.1 Å². The average molecular weight is 455 g/mol. The lowest BCUT2D eigenvalue weighted by molar-refractivity contribution is 0.273. The van der Waals surface area contributed by atoms with Crippen molar-refractivity contribution < 1.29 is 0 Å². The van der Waals surface area contributed by atoms with E-state index in [-0.39, 0.29) is 24.0 Å². The first-order valence-electron chi connectivity index (χ1n) is 9.02. The summed E-state index contributed by atoms with van der Waals surface area (Å²) >= 11 is 0. The SMILES string of the molecule is CCN1CCCC1CN=C(N)NCCc1c[nH]c2c(C)cccc12.I. The molecule has 2 aromatic rings. The summed E-state index contributed by atoms with van der Waals surface area (Å²) in [7, 11) is 0. The number of likely N-dealkylation sites (tertiary alicyclic amines) is 1. The van der Waals surface area contributed by atoms with Gasteiger partial charge in [-0.3, -0.25) is 9.89 Å². The van der Waals surface area contributed by atoms with Crippen LogP contribution in [0.15, 0.2) is 29.4 Å². The summed E-state index contributed by atoms with van der Waals surface area (Å²) in [5.41, 5.74) is 9.86. The number of likely N-dealkylation sites (N-methyl/N-ethyl adjacent to an activating group) is 1. The molecule has 0 spiro atoms. The van der Waals surface area contributed by atoms with E-state index in [0.717, 1.165) is 26.1 Å². The van der Waals surface area contributed by atoms with Crippen LogP contribution in [0.5, 0.6) is 0 Å². The smallest absolute Gasteiger partial charge is 0.188 e. The number of guanidine groups is 1. The van der Waals surface area contributed by atoms with Gasteiger partial charge in [0.2, 0.25) is 0 Å². The molecule has 3 rings (SSSR count). The van der Waals surface area contributed by atoms with E-state index in [0.29, 0.717) is 12.0 Å².